The van der Waals surface area contributed by atoms with Crippen LogP contribution in [0.4, 0.5) is 4.39 Å². The van der Waals surface area contributed by atoms with Crippen molar-refractivity contribution in [2.24, 2.45) is 0 Å². The van der Waals surface area contributed by atoms with Crippen LogP contribution < -0.4 is 5.32 Å². The van der Waals surface area contributed by atoms with E-state index < -0.39 is 0 Å². The van der Waals surface area contributed by atoms with E-state index in [1.54, 1.807) is 12.1 Å². The number of hydrogen-bond acceptors (Lipinski definition) is 2. The fraction of sp³-hybridized carbons (Fsp3) is 0.667. The average molecular weight is 293 g/mol. The maximum Gasteiger partial charge on any atom is 0.123 e. The molecule has 1 N–H and O–H groups in total. The normalized spacial score (nSPS) is 17.8. The van der Waals surface area contributed by atoms with E-state index in [0.29, 0.717) is 6.10 Å². The molecule has 1 aromatic rings. The first-order valence-corrected chi connectivity index (χ1v) is 8.40. The third kappa shape index (κ3) is 5.76. The molecule has 1 unspecified atom stereocenters. The molecule has 0 radical (unpaired) electrons. The van der Waals surface area contributed by atoms with Crippen molar-refractivity contribution in [3.05, 3.63) is 35.6 Å². The lowest BCUT2D eigenvalue weighted by molar-refractivity contribution is 0.0271. The number of benzene rings is 1. The summed E-state index contributed by atoms with van der Waals surface area (Å²) in [6.45, 7) is 3.88. The third-order valence-corrected chi connectivity index (χ3v) is 4.28. The Kier molecular flexibility index (Phi) is 7.17. The van der Waals surface area contributed by atoms with Crippen molar-refractivity contribution in [2.75, 3.05) is 13.2 Å². The van der Waals surface area contributed by atoms with Crippen LogP contribution in [0.3, 0.4) is 0 Å². The molecule has 0 spiro atoms. The number of rotatable bonds is 8. The Morgan fingerprint density at radius 3 is 2.81 bits per heavy atom. The predicted octanol–water partition coefficient (Wildman–Crippen LogP) is 4.61. The van der Waals surface area contributed by atoms with Crippen molar-refractivity contribution in [3.8, 4) is 0 Å². The van der Waals surface area contributed by atoms with Crippen LogP contribution in [-0.4, -0.2) is 19.3 Å². The largest absolute Gasteiger partial charge is 0.378 e. The van der Waals surface area contributed by atoms with Crippen LogP contribution in [0, 0.1) is 5.82 Å². The van der Waals surface area contributed by atoms with Crippen LogP contribution >= 0.6 is 0 Å². The van der Waals surface area contributed by atoms with Gasteiger partial charge in [-0.3, -0.25) is 0 Å². The van der Waals surface area contributed by atoms with E-state index in [9.17, 15) is 4.39 Å². The highest BCUT2D eigenvalue weighted by molar-refractivity contribution is 5.19. The van der Waals surface area contributed by atoms with Crippen LogP contribution in [0.25, 0.3) is 0 Å². The van der Waals surface area contributed by atoms with Crippen LogP contribution in [0.2, 0.25) is 0 Å². The van der Waals surface area contributed by atoms with Crippen LogP contribution in [-0.2, 0) is 4.74 Å². The number of halogens is 1. The lowest BCUT2D eigenvalue weighted by Gasteiger charge is -2.22. The maximum absolute atomic E-state index is 13.3. The molecule has 0 amide bonds. The molecule has 2 rings (SSSR count). The molecule has 2 nitrogen and oxygen atoms in total. The lowest BCUT2D eigenvalue weighted by Crippen LogP contribution is -2.24. The monoisotopic (exact) mass is 293 g/mol. The van der Waals surface area contributed by atoms with Crippen molar-refractivity contribution in [3.63, 3.8) is 0 Å². The van der Waals surface area contributed by atoms with Crippen LogP contribution in [0.5, 0.6) is 0 Å². The number of nitrogens with one attached hydrogen (secondary N) is 1. The smallest absolute Gasteiger partial charge is 0.123 e. The number of ether oxygens (including phenoxy) is 1. The van der Waals surface area contributed by atoms with E-state index in [0.717, 1.165) is 31.6 Å². The first-order chi connectivity index (χ1) is 10.3. The quantitative estimate of drug-likeness (QED) is 0.707. The minimum absolute atomic E-state index is 0.159. The van der Waals surface area contributed by atoms with Crippen molar-refractivity contribution in [1.82, 2.24) is 5.32 Å². The molecule has 1 aromatic carbocycles. The minimum atomic E-state index is -0.159. The van der Waals surface area contributed by atoms with Gasteiger partial charge in [-0.2, -0.15) is 0 Å². The van der Waals surface area contributed by atoms with Crippen molar-refractivity contribution < 1.29 is 9.13 Å². The van der Waals surface area contributed by atoms with Gasteiger partial charge in [0.25, 0.3) is 0 Å². The summed E-state index contributed by atoms with van der Waals surface area (Å²) in [5, 5.41) is 3.50. The summed E-state index contributed by atoms with van der Waals surface area (Å²) in [6, 6.07) is 7.12. The molecule has 1 aliphatic carbocycles. The standard InChI is InChI=1S/C18H28FNO/c1-2-18(15-8-6-9-16(19)14-15)20-12-7-13-21-17-10-4-3-5-11-17/h6,8-9,14,17-18,20H,2-5,7,10-13H2,1H3. The Hall–Kier alpha value is -0.930. The first-order valence-electron chi connectivity index (χ1n) is 8.40. The summed E-state index contributed by atoms with van der Waals surface area (Å²) in [5.41, 5.74) is 1.03. The summed E-state index contributed by atoms with van der Waals surface area (Å²) in [4.78, 5) is 0. The Morgan fingerprint density at radius 2 is 2.10 bits per heavy atom. The Morgan fingerprint density at radius 1 is 1.29 bits per heavy atom. The molecular formula is C18H28FNO. The minimum Gasteiger partial charge on any atom is -0.378 e. The lowest BCUT2D eigenvalue weighted by atomic mass is 9.98. The fourth-order valence-electron chi connectivity index (χ4n) is 3.05. The molecule has 0 heterocycles. The molecule has 3 heteroatoms. The van der Waals surface area contributed by atoms with Gasteiger partial charge in [-0.25, -0.2) is 4.39 Å². The van der Waals surface area contributed by atoms with Gasteiger partial charge < -0.3 is 10.1 Å². The van der Waals surface area contributed by atoms with E-state index in [-0.39, 0.29) is 11.9 Å². The highest BCUT2D eigenvalue weighted by atomic mass is 19.1. The van der Waals surface area contributed by atoms with E-state index in [1.807, 2.05) is 6.07 Å². The van der Waals surface area contributed by atoms with Crippen molar-refractivity contribution in [2.45, 2.75) is 64.0 Å². The molecular weight excluding hydrogens is 265 g/mol. The highest BCUT2D eigenvalue weighted by Crippen LogP contribution is 2.20. The second-order valence-corrected chi connectivity index (χ2v) is 5.95. The van der Waals surface area contributed by atoms with E-state index >= 15 is 0 Å². The topological polar surface area (TPSA) is 21.3 Å². The molecule has 21 heavy (non-hydrogen) atoms. The zero-order chi connectivity index (χ0) is 14.9. The Bertz CT molecular complexity index is 404. The zero-order valence-corrected chi connectivity index (χ0v) is 13.1. The predicted molar refractivity (Wildman–Crippen MR) is 84.9 cm³/mol. The van der Waals surface area contributed by atoms with E-state index in [4.69, 9.17) is 4.74 Å². The SMILES string of the molecule is CCC(NCCCOC1CCCCC1)c1cccc(F)c1. The maximum atomic E-state index is 13.3. The summed E-state index contributed by atoms with van der Waals surface area (Å²) in [5.74, 6) is -0.159. The first kappa shape index (κ1) is 16.4. The summed E-state index contributed by atoms with van der Waals surface area (Å²) < 4.78 is 19.2. The molecule has 1 fully saturated rings. The van der Waals surface area contributed by atoms with E-state index in [2.05, 4.69) is 12.2 Å². The van der Waals surface area contributed by atoms with Gasteiger partial charge in [0.15, 0.2) is 0 Å². The molecule has 0 aromatic heterocycles. The van der Waals surface area contributed by atoms with Gasteiger partial charge in [-0.1, -0.05) is 38.3 Å². The van der Waals surface area contributed by atoms with Crippen LogP contribution in [0.15, 0.2) is 24.3 Å². The summed E-state index contributed by atoms with van der Waals surface area (Å²) >= 11 is 0. The average Bonchev–Trinajstić information content (AvgIpc) is 2.52. The van der Waals surface area contributed by atoms with E-state index in [1.165, 1.54) is 38.2 Å². The van der Waals surface area contributed by atoms with Gasteiger partial charge in [0.2, 0.25) is 0 Å². The molecule has 0 saturated heterocycles. The second-order valence-electron chi connectivity index (χ2n) is 5.95. The molecule has 0 bridgehead atoms. The Labute approximate surface area is 128 Å². The van der Waals surface area contributed by atoms with Crippen molar-refractivity contribution >= 4 is 0 Å². The number of hydrogen-bond donors (Lipinski definition) is 1. The zero-order valence-electron chi connectivity index (χ0n) is 13.1. The summed E-state index contributed by atoms with van der Waals surface area (Å²) in [6.07, 6.45) is 8.94. The second kappa shape index (κ2) is 9.16. The molecule has 1 aliphatic rings. The molecule has 0 aliphatic heterocycles. The van der Waals surface area contributed by atoms with Gasteiger partial charge >= 0.3 is 0 Å². The van der Waals surface area contributed by atoms with Gasteiger partial charge in [0, 0.05) is 12.6 Å². The van der Waals surface area contributed by atoms with Crippen LogP contribution in [0.1, 0.15) is 63.5 Å². The summed E-state index contributed by atoms with van der Waals surface area (Å²) in [7, 11) is 0. The highest BCUT2D eigenvalue weighted by Gasteiger charge is 2.13. The fourth-order valence-corrected chi connectivity index (χ4v) is 3.05. The van der Waals surface area contributed by atoms with Crippen molar-refractivity contribution in [1.29, 1.82) is 0 Å². The molecule has 1 saturated carbocycles. The van der Waals surface area contributed by atoms with Gasteiger partial charge in [0.1, 0.15) is 5.82 Å². The van der Waals surface area contributed by atoms with Gasteiger partial charge in [-0.15, -0.1) is 0 Å². The molecule has 1 atom stereocenters. The molecule has 118 valence electrons. The van der Waals surface area contributed by atoms with Gasteiger partial charge in [0.05, 0.1) is 6.10 Å². The third-order valence-electron chi connectivity index (χ3n) is 4.28. The van der Waals surface area contributed by atoms with Gasteiger partial charge in [-0.05, 0) is 49.9 Å². The Balaban J connectivity index is 1.64.